The molecule has 0 heterocycles. The first-order chi connectivity index (χ1) is 4.70. The fourth-order valence-corrected chi connectivity index (χ4v) is 1.30. The summed E-state index contributed by atoms with van der Waals surface area (Å²) < 4.78 is 0. The van der Waals surface area contributed by atoms with E-state index in [1.807, 2.05) is 0 Å². The van der Waals surface area contributed by atoms with E-state index in [4.69, 9.17) is 0 Å². The fourth-order valence-electron chi connectivity index (χ4n) is 1.30. The molecule has 0 N–H and O–H groups in total. The van der Waals surface area contributed by atoms with Crippen molar-refractivity contribution in [3.63, 3.8) is 0 Å². The van der Waals surface area contributed by atoms with Crippen LogP contribution in [0.4, 0.5) is 0 Å². The molecule has 0 aromatic carbocycles. The second-order valence-corrected chi connectivity index (χ2v) is 3.37. The first kappa shape index (κ1) is 10.0. The summed E-state index contributed by atoms with van der Waals surface area (Å²) in [5, 5.41) is 0. The van der Waals surface area contributed by atoms with E-state index in [2.05, 4.69) is 34.1 Å². The molecule has 0 aliphatic heterocycles. The summed E-state index contributed by atoms with van der Waals surface area (Å²) in [6, 6.07) is 0. The summed E-state index contributed by atoms with van der Waals surface area (Å²) in [4.78, 5) is 0. The molecule has 61 valence electrons. The Morgan fingerprint density at radius 2 is 1.80 bits per heavy atom. The Hall–Kier alpha value is 0. The minimum Gasteiger partial charge on any atom is -0.0651 e. The predicted octanol–water partition coefficient (Wildman–Crippen LogP) is 3.67. The van der Waals surface area contributed by atoms with E-state index in [0.29, 0.717) is 0 Å². The van der Waals surface area contributed by atoms with Gasteiger partial charge in [0.05, 0.1) is 0 Å². The third-order valence-electron chi connectivity index (χ3n) is 2.11. The lowest BCUT2D eigenvalue weighted by Gasteiger charge is -2.13. The highest BCUT2D eigenvalue weighted by Gasteiger charge is 2.05. The molecular weight excluding hydrogens is 120 g/mol. The molecule has 0 amide bonds. The van der Waals surface area contributed by atoms with Crippen molar-refractivity contribution in [2.75, 3.05) is 0 Å². The molecule has 0 heteroatoms. The summed E-state index contributed by atoms with van der Waals surface area (Å²) in [7, 11) is 0. The fraction of sp³-hybridized carbons (Fsp3) is 0.900. The molecular formula is C10H21. The van der Waals surface area contributed by atoms with Gasteiger partial charge in [-0.3, -0.25) is 0 Å². The standard InChI is InChI=1S/C10H21/c1-5-7-10(4)8-9(3)6-2/h7,9-10H,5-6,8H2,1-4H3. The molecule has 0 fully saturated rings. The summed E-state index contributed by atoms with van der Waals surface area (Å²) in [5.74, 6) is 1.72. The van der Waals surface area contributed by atoms with Crippen molar-refractivity contribution >= 4 is 0 Å². The van der Waals surface area contributed by atoms with Crippen LogP contribution in [0.1, 0.15) is 47.0 Å². The quantitative estimate of drug-likeness (QED) is 0.548. The monoisotopic (exact) mass is 141 g/mol. The summed E-state index contributed by atoms with van der Waals surface area (Å²) >= 11 is 0. The third kappa shape index (κ3) is 4.84. The minimum atomic E-state index is 0.819. The minimum absolute atomic E-state index is 0.819. The lowest BCUT2D eigenvalue weighted by molar-refractivity contribution is 0.434. The van der Waals surface area contributed by atoms with Crippen LogP contribution in [-0.4, -0.2) is 0 Å². The third-order valence-corrected chi connectivity index (χ3v) is 2.11. The van der Waals surface area contributed by atoms with E-state index in [-0.39, 0.29) is 0 Å². The number of hydrogen-bond acceptors (Lipinski definition) is 0. The maximum Gasteiger partial charge on any atom is -0.0360 e. The summed E-state index contributed by atoms with van der Waals surface area (Å²) in [6.45, 7) is 9.13. The zero-order valence-electron chi connectivity index (χ0n) is 7.85. The van der Waals surface area contributed by atoms with E-state index >= 15 is 0 Å². The van der Waals surface area contributed by atoms with Gasteiger partial charge in [0, 0.05) is 0 Å². The van der Waals surface area contributed by atoms with Gasteiger partial charge >= 0.3 is 0 Å². The van der Waals surface area contributed by atoms with Crippen LogP contribution in [0.3, 0.4) is 0 Å². The second-order valence-electron chi connectivity index (χ2n) is 3.37. The van der Waals surface area contributed by atoms with Crippen LogP contribution in [0.5, 0.6) is 0 Å². The molecule has 1 radical (unpaired) electrons. The van der Waals surface area contributed by atoms with Crippen molar-refractivity contribution in [1.82, 2.24) is 0 Å². The van der Waals surface area contributed by atoms with Crippen molar-refractivity contribution in [3.8, 4) is 0 Å². The van der Waals surface area contributed by atoms with Gasteiger partial charge in [0.1, 0.15) is 0 Å². The van der Waals surface area contributed by atoms with Crippen LogP contribution in [-0.2, 0) is 0 Å². The van der Waals surface area contributed by atoms with E-state index < -0.39 is 0 Å². The first-order valence-corrected chi connectivity index (χ1v) is 4.54. The van der Waals surface area contributed by atoms with Crippen molar-refractivity contribution in [2.45, 2.75) is 47.0 Å². The van der Waals surface area contributed by atoms with Crippen LogP contribution in [0.2, 0.25) is 0 Å². The van der Waals surface area contributed by atoms with Gasteiger partial charge in [-0.1, -0.05) is 40.5 Å². The molecule has 0 spiro atoms. The van der Waals surface area contributed by atoms with Crippen molar-refractivity contribution in [1.29, 1.82) is 0 Å². The lowest BCUT2D eigenvalue weighted by atomic mass is 9.92. The maximum atomic E-state index is 2.41. The molecule has 2 atom stereocenters. The zero-order valence-corrected chi connectivity index (χ0v) is 7.85. The molecule has 0 aromatic heterocycles. The van der Waals surface area contributed by atoms with E-state index in [0.717, 1.165) is 11.8 Å². The average molecular weight is 141 g/mol. The van der Waals surface area contributed by atoms with E-state index in [1.54, 1.807) is 0 Å². The first-order valence-electron chi connectivity index (χ1n) is 4.54. The van der Waals surface area contributed by atoms with Crippen LogP contribution in [0.25, 0.3) is 0 Å². The molecule has 10 heavy (non-hydrogen) atoms. The van der Waals surface area contributed by atoms with Crippen LogP contribution >= 0.6 is 0 Å². The molecule has 0 aliphatic rings. The Kier molecular flexibility index (Phi) is 5.76. The van der Waals surface area contributed by atoms with Crippen molar-refractivity contribution < 1.29 is 0 Å². The normalized spacial score (nSPS) is 16.8. The smallest absolute Gasteiger partial charge is 0.0360 e. The van der Waals surface area contributed by atoms with Crippen LogP contribution in [0.15, 0.2) is 0 Å². The van der Waals surface area contributed by atoms with Crippen LogP contribution in [0, 0.1) is 18.3 Å². The van der Waals surface area contributed by atoms with Crippen LogP contribution < -0.4 is 0 Å². The SMILES string of the molecule is CC[CH]C(C)CC(C)CC. The molecule has 0 nitrogen and oxygen atoms in total. The van der Waals surface area contributed by atoms with Gasteiger partial charge in [-0.15, -0.1) is 0 Å². The van der Waals surface area contributed by atoms with Crippen molar-refractivity contribution in [3.05, 3.63) is 6.42 Å². The second kappa shape index (κ2) is 5.76. The largest absolute Gasteiger partial charge is 0.0651 e. The molecule has 0 rings (SSSR count). The molecule has 0 bridgehead atoms. The highest BCUT2D eigenvalue weighted by molar-refractivity contribution is 4.71. The number of hydrogen-bond donors (Lipinski definition) is 0. The van der Waals surface area contributed by atoms with Gasteiger partial charge in [-0.05, 0) is 24.7 Å². The topological polar surface area (TPSA) is 0 Å². The molecule has 2 unspecified atom stereocenters. The molecule has 0 saturated carbocycles. The Morgan fingerprint density at radius 1 is 1.20 bits per heavy atom. The maximum absolute atomic E-state index is 2.41. The Labute approximate surface area is 66.0 Å². The van der Waals surface area contributed by atoms with Gasteiger partial charge in [-0.2, -0.15) is 0 Å². The highest BCUT2D eigenvalue weighted by atomic mass is 14.1. The van der Waals surface area contributed by atoms with E-state index in [9.17, 15) is 0 Å². The van der Waals surface area contributed by atoms with Gasteiger partial charge in [-0.25, -0.2) is 0 Å². The van der Waals surface area contributed by atoms with Gasteiger partial charge in [0.25, 0.3) is 0 Å². The summed E-state index contributed by atoms with van der Waals surface area (Å²) in [5.41, 5.74) is 0. The summed E-state index contributed by atoms with van der Waals surface area (Å²) in [6.07, 6.45) is 6.32. The lowest BCUT2D eigenvalue weighted by Crippen LogP contribution is -2.02. The van der Waals surface area contributed by atoms with Gasteiger partial charge < -0.3 is 0 Å². The molecule has 0 aromatic rings. The van der Waals surface area contributed by atoms with Gasteiger partial charge in [0.2, 0.25) is 0 Å². The Morgan fingerprint density at radius 3 is 2.20 bits per heavy atom. The van der Waals surface area contributed by atoms with Crippen molar-refractivity contribution in [2.24, 2.45) is 11.8 Å². The predicted molar refractivity (Wildman–Crippen MR) is 47.8 cm³/mol. The Bertz CT molecular complexity index is 66.4. The molecule has 0 aliphatic carbocycles. The molecule has 0 saturated heterocycles. The Balaban J connectivity index is 3.27. The highest BCUT2D eigenvalue weighted by Crippen LogP contribution is 2.17. The number of rotatable bonds is 5. The van der Waals surface area contributed by atoms with E-state index in [1.165, 1.54) is 19.3 Å². The zero-order chi connectivity index (χ0) is 7.98. The average Bonchev–Trinajstić information content (AvgIpc) is 1.88. The van der Waals surface area contributed by atoms with Gasteiger partial charge in [0.15, 0.2) is 0 Å².